The third kappa shape index (κ3) is 5.17. The Balaban J connectivity index is 2.17. The molecule has 1 unspecified atom stereocenters. The average Bonchev–Trinajstić information content (AvgIpc) is 2.73. The normalized spacial score (nSPS) is 11.2. The van der Waals surface area contributed by atoms with E-state index >= 15 is 0 Å². The summed E-state index contributed by atoms with van der Waals surface area (Å²) in [4.78, 5) is 35.3. The maximum Gasteiger partial charge on any atom is 0.339 e. The number of anilines is 1. The highest BCUT2D eigenvalue weighted by Crippen LogP contribution is 2.36. The standard InChI is InChI=1S/C19H19BrN2O8/c1-10(18(23)21-13-9-12(22(25)26)5-6-14(13)27-2)30-19(24)11-7-15(28-3)17(20)16(8-11)29-4/h5-10H,1-4H3,(H,21,23). The van der Waals surface area contributed by atoms with Gasteiger partial charge in [-0.1, -0.05) is 0 Å². The molecule has 1 amide bonds. The fourth-order valence-electron chi connectivity index (χ4n) is 2.41. The zero-order valence-electron chi connectivity index (χ0n) is 16.6. The molecule has 0 saturated heterocycles. The van der Waals surface area contributed by atoms with Gasteiger partial charge in [0.2, 0.25) is 0 Å². The molecule has 0 spiro atoms. The molecule has 0 saturated carbocycles. The number of nitro groups is 1. The van der Waals surface area contributed by atoms with E-state index in [1.165, 1.54) is 52.5 Å². The maximum absolute atomic E-state index is 12.5. The molecule has 30 heavy (non-hydrogen) atoms. The van der Waals surface area contributed by atoms with Gasteiger partial charge in [0.1, 0.15) is 21.7 Å². The van der Waals surface area contributed by atoms with Gasteiger partial charge in [-0.2, -0.15) is 0 Å². The number of non-ortho nitro benzene ring substituents is 1. The molecular weight excluding hydrogens is 464 g/mol. The number of nitro benzene ring substituents is 1. The van der Waals surface area contributed by atoms with Crippen LogP contribution in [0.1, 0.15) is 17.3 Å². The number of halogens is 1. The first kappa shape index (κ1) is 22.9. The molecule has 160 valence electrons. The zero-order valence-corrected chi connectivity index (χ0v) is 18.1. The lowest BCUT2D eigenvalue weighted by atomic mass is 10.2. The molecule has 1 N–H and O–H groups in total. The summed E-state index contributed by atoms with van der Waals surface area (Å²) < 4.78 is 21.2. The Labute approximate surface area is 180 Å². The summed E-state index contributed by atoms with van der Waals surface area (Å²) in [6.07, 6.45) is -1.21. The Bertz CT molecular complexity index is 954. The van der Waals surface area contributed by atoms with E-state index in [4.69, 9.17) is 18.9 Å². The maximum atomic E-state index is 12.5. The van der Waals surface area contributed by atoms with Crippen molar-refractivity contribution < 1.29 is 33.5 Å². The van der Waals surface area contributed by atoms with Gasteiger partial charge in [-0.15, -0.1) is 0 Å². The SMILES string of the molecule is COc1ccc([N+](=O)[O-])cc1NC(=O)C(C)OC(=O)c1cc(OC)c(Br)c(OC)c1. The first-order chi connectivity index (χ1) is 14.2. The van der Waals surface area contributed by atoms with Crippen molar-refractivity contribution in [2.45, 2.75) is 13.0 Å². The zero-order chi connectivity index (χ0) is 22.4. The van der Waals surface area contributed by atoms with E-state index < -0.39 is 22.9 Å². The first-order valence-corrected chi connectivity index (χ1v) is 9.26. The van der Waals surface area contributed by atoms with E-state index in [1.54, 1.807) is 0 Å². The lowest BCUT2D eigenvalue weighted by Gasteiger charge is -2.16. The summed E-state index contributed by atoms with van der Waals surface area (Å²) in [6.45, 7) is 1.37. The van der Waals surface area contributed by atoms with Crippen molar-refractivity contribution in [2.75, 3.05) is 26.6 Å². The number of carbonyl (C=O) groups excluding carboxylic acids is 2. The van der Waals surface area contributed by atoms with E-state index in [2.05, 4.69) is 21.2 Å². The van der Waals surface area contributed by atoms with Crippen LogP contribution in [0.5, 0.6) is 17.2 Å². The second kappa shape index (κ2) is 9.92. The van der Waals surface area contributed by atoms with Gasteiger partial charge in [-0.05, 0) is 41.1 Å². The predicted molar refractivity (Wildman–Crippen MR) is 110 cm³/mol. The summed E-state index contributed by atoms with van der Waals surface area (Å²) in [7, 11) is 4.21. The molecule has 2 aromatic carbocycles. The monoisotopic (exact) mass is 482 g/mol. The number of rotatable bonds is 8. The fourth-order valence-corrected chi connectivity index (χ4v) is 2.96. The van der Waals surface area contributed by atoms with E-state index in [0.29, 0.717) is 16.0 Å². The quantitative estimate of drug-likeness (QED) is 0.343. The van der Waals surface area contributed by atoms with Crippen molar-refractivity contribution in [3.05, 3.63) is 50.5 Å². The number of hydrogen-bond acceptors (Lipinski definition) is 8. The van der Waals surface area contributed by atoms with Gasteiger partial charge in [0.05, 0.1) is 37.5 Å². The van der Waals surface area contributed by atoms with Gasteiger partial charge in [-0.25, -0.2) is 4.79 Å². The Morgan fingerprint density at radius 2 is 1.60 bits per heavy atom. The van der Waals surface area contributed by atoms with Gasteiger partial charge in [0.15, 0.2) is 6.10 Å². The topological polar surface area (TPSA) is 126 Å². The molecule has 11 heteroatoms. The van der Waals surface area contributed by atoms with Crippen LogP contribution in [-0.2, 0) is 9.53 Å². The number of nitrogens with zero attached hydrogens (tertiary/aromatic N) is 1. The number of amides is 1. The van der Waals surface area contributed by atoms with Crippen LogP contribution >= 0.6 is 15.9 Å². The molecule has 0 fully saturated rings. The second-order valence-corrected chi connectivity index (χ2v) is 6.67. The Morgan fingerprint density at radius 1 is 1.03 bits per heavy atom. The molecule has 0 aliphatic carbocycles. The van der Waals surface area contributed by atoms with Crippen LogP contribution in [0.2, 0.25) is 0 Å². The van der Waals surface area contributed by atoms with Crippen LogP contribution in [0, 0.1) is 10.1 Å². The molecule has 2 rings (SSSR count). The Morgan fingerprint density at radius 3 is 2.10 bits per heavy atom. The molecule has 0 radical (unpaired) electrons. The van der Waals surface area contributed by atoms with Gasteiger partial charge < -0.3 is 24.3 Å². The predicted octanol–water partition coefficient (Wildman–Crippen LogP) is 3.57. The summed E-state index contributed by atoms with van der Waals surface area (Å²) in [5, 5.41) is 13.4. The molecule has 1 atom stereocenters. The number of benzene rings is 2. The Kier molecular flexibility index (Phi) is 7.59. The third-order valence-corrected chi connectivity index (χ3v) is 4.77. The van der Waals surface area contributed by atoms with Crippen molar-refractivity contribution in [3.63, 3.8) is 0 Å². The molecular formula is C19H19BrN2O8. The third-order valence-electron chi connectivity index (χ3n) is 3.99. The Hall–Kier alpha value is -3.34. The van der Waals surface area contributed by atoms with Crippen LogP contribution in [-0.4, -0.2) is 44.2 Å². The molecule has 10 nitrogen and oxygen atoms in total. The number of esters is 1. The lowest BCUT2D eigenvalue weighted by molar-refractivity contribution is -0.384. The van der Waals surface area contributed by atoms with Crippen molar-refractivity contribution in [1.82, 2.24) is 0 Å². The van der Waals surface area contributed by atoms with Crippen molar-refractivity contribution >= 4 is 39.2 Å². The number of nitrogens with one attached hydrogen (secondary N) is 1. The van der Waals surface area contributed by atoms with Crippen LogP contribution in [0.15, 0.2) is 34.8 Å². The van der Waals surface area contributed by atoms with Crippen LogP contribution in [0.3, 0.4) is 0 Å². The number of hydrogen-bond donors (Lipinski definition) is 1. The number of ether oxygens (including phenoxy) is 4. The first-order valence-electron chi connectivity index (χ1n) is 8.47. The fraction of sp³-hybridized carbons (Fsp3) is 0.263. The summed E-state index contributed by atoms with van der Waals surface area (Å²) >= 11 is 3.30. The van der Waals surface area contributed by atoms with Crippen LogP contribution < -0.4 is 19.5 Å². The van der Waals surface area contributed by atoms with Crippen molar-refractivity contribution in [3.8, 4) is 17.2 Å². The molecule has 0 heterocycles. The minimum atomic E-state index is -1.21. The summed E-state index contributed by atoms with van der Waals surface area (Å²) in [5.74, 6) is -0.569. The largest absolute Gasteiger partial charge is 0.495 e. The minimum Gasteiger partial charge on any atom is -0.495 e. The summed E-state index contributed by atoms with van der Waals surface area (Å²) in [6, 6.07) is 6.61. The van der Waals surface area contributed by atoms with Gasteiger partial charge in [0.25, 0.3) is 11.6 Å². The molecule has 0 aliphatic rings. The average molecular weight is 483 g/mol. The molecule has 0 bridgehead atoms. The second-order valence-electron chi connectivity index (χ2n) is 5.87. The van der Waals surface area contributed by atoms with E-state index in [0.717, 1.165) is 6.07 Å². The van der Waals surface area contributed by atoms with Crippen LogP contribution in [0.4, 0.5) is 11.4 Å². The van der Waals surface area contributed by atoms with Gasteiger partial charge >= 0.3 is 5.97 Å². The highest BCUT2D eigenvalue weighted by molar-refractivity contribution is 9.10. The van der Waals surface area contributed by atoms with Crippen molar-refractivity contribution in [1.29, 1.82) is 0 Å². The minimum absolute atomic E-state index is 0.0755. The molecule has 0 aliphatic heterocycles. The molecule has 0 aromatic heterocycles. The number of methoxy groups -OCH3 is 3. The van der Waals surface area contributed by atoms with Crippen molar-refractivity contribution in [2.24, 2.45) is 0 Å². The highest BCUT2D eigenvalue weighted by Gasteiger charge is 2.23. The summed E-state index contributed by atoms with van der Waals surface area (Å²) in [5.41, 5.74) is -0.0455. The molecule has 2 aromatic rings. The van der Waals surface area contributed by atoms with E-state index in [-0.39, 0.29) is 22.7 Å². The smallest absolute Gasteiger partial charge is 0.339 e. The lowest BCUT2D eigenvalue weighted by Crippen LogP contribution is -2.30. The van der Waals surface area contributed by atoms with Crippen LogP contribution in [0.25, 0.3) is 0 Å². The number of carbonyl (C=O) groups is 2. The van der Waals surface area contributed by atoms with Gasteiger partial charge in [-0.3, -0.25) is 14.9 Å². The van der Waals surface area contributed by atoms with E-state index in [1.807, 2.05) is 0 Å². The highest BCUT2D eigenvalue weighted by atomic mass is 79.9. The van der Waals surface area contributed by atoms with Gasteiger partial charge in [0, 0.05) is 12.1 Å². The van der Waals surface area contributed by atoms with E-state index in [9.17, 15) is 19.7 Å².